The van der Waals surface area contributed by atoms with Crippen molar-refractivity contribution in [3.05, 3.63) is 0 Å². The van der Waals surface area contributed by atoms with E-state index in [0.29, 0.717) is 0 Å². The predicted molar refractivity (Wildman–Crippen MR) is 40.8 cm³/mol. The van der Waals surface area contributed by atoms with Gasteiger partial charge in [0.05, 0.1) is 0 Å². The topological polar surface area (TPSA) is 3.24 Å². The highest BCUT2D eigenvalue weighted by molar-refractivity contribution is 4.79. The Morgan fingerprint density at radius 3 is 2.20 bits per heavy atom. The minimum absolute atomic E-state index is 0.189. The lowest BCUT2D eigenvalue weighted by atomic mass is 9.93. The Balaban J connectivity index is 2.40. The van der Waals surface area contributed by atoms with E-state index >= 15 is 0 Å². The Hall–Kier alpha value is -0.110. The zero-order valence-electron chi connectivity index (χ0n) is 6.81. The minimum Gasteiger partial charge on any atom is -0.304 e. The van der Waals surface area contributed by atoms with E-state index in [1.54, 1.807) is 0 Å². The third-order valence-electron chi connectivity index (χ3n) is 2.31. The van der Waals surface area contributed by atoms with Crippen LogP contribution in [-0.4, -0.2) is 31.2 Å². The molecule has 0 amide bonds. The van der Waals surface area contributed by atoms with Crippen LogP contribution in [0.3, 0.4) is 0 Å². The van der Waals surface area contributed by atoms with Gasteiger partial charge in [-0.3, -0.25) is 0 Å². The molecule has 0 aromatic carbocycles. The fraction of sp³-hybridized carbons (Fsp3) is 1.00. The summed E-state index contributed by atoms with van der Waals surface area (Å²) in [5, 5.41) is 0. The molecule has 0 radical (unpaired) electrons. The van der Waals surface area contributed by atoms with Gasteiger partial charge in [0.15, 0.2) is 0 Å². The van der Waals surface area contributed by atoms with Crippen LogP contribution in [0.1, 0.15) is 25.7 Å². The Morgan fingerprint density at radius 2 is 1.80 bits per heavy atom. The zero-order chi connectivity index (χ0) is 7.56. The summed E-state index contributed by atoms with van der Waals surface area (Å²) in [6.45, 7) is 0. The van der Waals surface area contributed by atoms with Crippen LogP contribution >= 0.6 is 0 Å². The molecule has 0 aliphatic heterocycles. The molecular weight excluding hydrogens is 129 g/mol. The van der Waals surface area contributed by atoms with Gasteiger partial charge in [-0.1, -0.05) is 12.8 Å². The van der Waals surface area contributed by atoms with Gasteiger partial charge >= 0.3 is 0 Å². The van der Waals surface area contributed by atoms with Gasteiger partial charge in [-0.25, -0.2) is 4.39 Å². The molecule has 1 aliphatic carbocycles. The molecule has 0 saturated heterocycles. The van der Waals surface area contributed by atoms with Crippen molar-refractivity contribution in [2.75, 3.05) is 14.1 Å². The van der Waals surface area contributed by atoms with Crippen molar-refractivity contribution in [3.8, 4) is 0 Å². The molecule has 1 rings (SSSR count). The molecule has 0 N–H and O–H groups in total. The molecule has 1 aliphatic rings. The summed E-state index contributed by atoms with van der Waals surface area (Å²) in [5.41, 5.74) is 0. The van der Waals surface area contributed by atoms with E-state index in [-0.39, 0.29) is 6.04 Å². The van der Waals surface area contributed by atoms with Crippen molar-refractivity contribution >= 4 is 0 Å². The molecule has 10 heavy (non-hydrogen) atoms. The fourth-order valence-corrected chi connectivity index (χ4v) is 1.65. The zero-order valence-corrected chi connectivity index (χ0v) is 6.81. The number of halogens is 1. The lowest BCUT2D eigenvalue weighted by molar-refractivity contribution is 0.114. The summed E-state index contributed by atoms with van der Waals surface area (Å²) in [6.07, 6.45) is 3.50. The van der Waals surface area contributed by atoms with Gasteiger partial charge in [0.1, 0.15) is 6.17 Å². The van der Waals surface area contributed by atoms with Crippen LogP contribution in [0.5, 0.6) is 0 Å². The van der Waals surface area contributed by atoms with Gasteiger partial charge < -0.3 is 4.90 Å². The molecule has 0 unspecified atom stereocenters. The Kier molecular flexibility index (Phi) is 2.66. The second kappa shape index (κ2) is 3.33. The van der Waals surface area contributed by atoms with Crippen molar-refractivity contribution in [3.63, 3.8) is 0 Å². The molecule has 0 bridgehead atoms. The molecule has 1 nitrogen and oxygen atoms in total. The highest BCUT2D eigenvalue weighted by Gasteiger charge is 2.25. The van der Waals surface area contributed by atoms with Gasteiger partial charge in [0.2, 0.25) is 0 Å². The standard InChI is InChI=1S/C8H16FN/c1-10(2)8-6-4-3-5-7(8)9/h7-8H,3-6H2,1-2H3/t7-,8+/m1/s1. The third kappa shape index (κ3) is 1.69. The maximum Gasteiger partial charge on any atom is 0.116 e. The first kappa shape index (κ1) is 7.99. The van der Waals surface area contributed by atoms with E-state index in [0.717, 1.165) is 19.3 Å². The van der Waals surface area contributed by atoms with Crippen molar-refractivity contribution in [1.29, 1.82) is 0 Å². The molecule has 60 valence electrons. The second-order valence-electron chi connectivity index (χ2n) is 3.33. The van der Waals surface area contributed by atoms with Crippen molar-refractivity contribution in [2.24, 2.45) is 0 Å². The first-order valence-corrected chi connectivity index (χ1v) is 4.02. The molecule has 0 aromatic heterocycles. The van der Waals surface area contributed by atoms with E-state index in [2.05, 4.69) is 0 Å². The first-order valence-electron chi connectivity index (χ1n) is 4.02. The largest absolute Gasteiger partial charge is 0.304 e. The number of hydrogen-bond donors (Lipinski definition) is 0. The van der Waals surface area contributed by atoms with Crippen molar-refractivity contribution in [1.82, 2.24) is 4.90 Å². The Morgan fingerprint density at radius 1 is 1.20 bits per heavy atom. The van der Waals surface area contributed by atoms with Crippen molar-refractivity contribution in [2.45, 2.75) is 37.9 Å². The van der Waals surface area contributed by atoms with E-state index in [9.17, 15) is 4.39 Å². The molecular formula is C8H16FN. The highest BCUT2D eigenvalue weighted by atomic mass is 19.1. The molecule has 0 aromatic rings. The van der Waals surface area contributed by atoms with Crippen LogP contribution in [0.25, 0.3) is 0 Å². The second-order valence-corrected chi connectivity index (χ2v) is 3.33. The smallest absolute Gasteiger partial charge is 0.116 e. The highest BCUT2D eigenvalue weighted by Crippen LogP contribution is 2.23. The summed E-state index contributed by atoms with van der Waals surface area (Å²) in [4.78, 5) is 2.00. The maximum absolute atomic E-state index is 13.1. The normalized spacial score (nSPS) is 34.8. The third-order valence-corrected chi connectivity index (χ3v) is 2.31. The number of alkyl halides is 1. The van der Waals surface area contributed by atoms with E-state index < -0.39 is 6.17 Å². The molecule has 1 fully saturated rings. The average molecular weight is 145 g/mol. The monoisotopic (exact) mass is 145 g/mol. The minimum atomic E-state index is -0.580. The van der Waals surface area contributed by atoms with Crippen LogP contribution in [0.4, 0.5) is 4.39 Å². The molecule has 0 heterocycles. The number of hydrogen-bond acceptors (Lipinski definition) is 1. The van der Waals surface area contributed by atoms with Gasteiger partial charge in [0, 0.05) is 6.04 Å². The van der Waals surface area contributed by atoms with E-state index in [1.807, 2.05) is 19.0 Å². The summed E-state index contributed by atoms with van der Waals surface area (Å²) in [7, 11) is 3.92. The summed E-state index contributed by atoms with van der Waals surface area (Å²) in [6, 6.07) is 0.189. The van der Waals surface area contributed by atoms with E-state index in [4.69, 9.17) is 0 Å². The Labute approximate surface area is 62.2 Å². The number of rotatable bonds is 1. The molecule has 2 atom stereocenters. The first-order chi connectivity index (χ1) is 4.72. The number of nitrogens with zero attached hydrogens (tertiary/aromatic N) is 1. The van der Waals surface area contributed by atoms with Gasteiger partial charge in [-0.05, 0) is 26.9 Å². The summed E-state index contributed by atoms with van der Waals surface area (Å²) in [5.74, 6) is 0. The molecule has 0 spiro atoms. The van der Waals surface area contributed by atoms with Crippen LogP contribution in [0.15, 0.2) is 0 Å². The van der Waals surface area contributed by atoms with E-state index in [1.165, 1.54) is 6.42 Å². The maximum atomic E-state index is 13.1. The molecule has 2 heteroatoms. The van der Waals surface area contributed by atoms with Gasteiger partial charge in [-0.15, -0.1) is 0 Å². The van der Waals surface area contributed by atoms with Gasteiger partial charge in [0.25, 0.3) is 0 Å². The lowest BCUT2D eigenvalue weighted by Crippen LogP contribution is -2.38. The SMILES string of the molecule is CN(C)[C@H]1CCCC[C@H]1F. The van der Waals surface area contributed by atoms with Crippen LogP contribution in [0, 0.1) is 0 Å². The van der Waals surface area contributed by atoms with Crippen LogP contribution < -0.4 is 0 Å². The summed E-state index contributed by atoms with van der Waals surface area (Å²) >= 11 is 0. The van der Waals surface area contributed by atoms with Crippen LogP contribution in [0.2, 0.25) is 0 Å². The fourth-order valence-electron chi connectivity index (χ4n) is 1.65. The molecule has 1 saturated carbocycles. The summed E-state index contributed by atoms with van der Waals surface area (Å²) < 4.78 is 13.1. The lowest BCUT2D eigenvalue weighted by Gasteiger charge is -2.31. The Bertz CT molecular complexity index is 103. The quantitative estimate of drug-likeness (QED) is 0.544. The van der Waals surface area contributed by atoms with Crippen molar-refractivity contribution < 1.29 is 4.39 Å². The van der Waals surface area contributed by atoms with Crippen LogP contribution in [-0.2, 0) is 0 Å². The average Bonchev–Trinajstić information content (AvgIpc) is 1.88. The van der Waals surface area contributed by atoms with Gasteiger partial charge in [-0.2, -0.15) is 0 Å². The predicted octanol–water partition coefficient (Wildman–Crippen LogP) is 1.83.